The summed E-state index contributed by atoms with van der Waals surface area (Å²) >= 11 is 0. The van der Waals surface area contributed by atoms with Gasteiger partial charge in [-0.25, -0.2) is 17.6 Å². The summed E-state index contributed by atoms with van der Waals surface area (Å²) in [5, 5.41) is 2.69. The minimum absolute atomic E-state index is 0.0213. The summed E-state index contributed by atoms with van der Waals surface area (Å²) in [7, 11) is -1.42. The summed E-state index contributed by atoms with van der Waals surface area (Å²) in [6.45, 7) is 0.281. The molecule has 1 atom stereocenters. The molecule has 1 saturated heterocycles. The number of sulfone groups is 1. The predicted molar refractivity (Wildman–Crippen MR) is 73.5 cm³/mol. The smallest absolute Gasteiger partial charge is 0.317 e. The number of nitrogens with zero attached hydrogens (tertiary/aromatic N) is 1. The quantitative estimate of drug-likeness (QED) is 0.911. The molecule has 0 saturated carbocycles. The van der Waals surface area contributed by atoms with Gasteiger partial charge < -0.3 is 10.2 Å². The van der Waals surface area contributed by atoms with Crippen molar-refractivity contribution in [3.63, 3.8) is 0 Å². The van der Waals surface area contributed by atoms with Gasteiger partial charge in [0.05, 0.1) is 11.5 Å². The van der Waals surface area contributed by atoms with E-state index in [0.717, 1.165) is 5.56 Å². The number of rotatable bonds is 3. The number of benzene rings is 1. The Morgan fingerprint density at radius 3 is 2.60 bits per heavy atom. The van der Waals surface area contributed by atoms with E-state index in [9.17, 15) is 17.6 Å². The average molecular weight is 300 g/mol. The van der Waals surface area contributed by atoms with Gasteiger partial charge in [-0.15, -0.1) is 0 Å². The highest BCUT2D eigenvalue weighted by Crippen LogP contribution is 2.16. The molecule has 1 aliphatic rings. The summed E-state index contributed by atoms with van der Waals surface area (Å²) in [6.07, 6.45) is 0.475. The van der Waals surface area contributed by atoms with Crippen molar-refractivity contribution in [2.24, 2.45) is 0 Å². The van der Waals surface area contributed by atoms with Crippen LogP contribution in [0.1, 0.15) is 12.0 Å². The molecule has 0 bridgehead atoms. The zero-order valence-electron chi connectivity index (χ0n) is 11.2. The number of halogens is 1. The first-order valence-corrected chi connectivity index (χ1v) is 8.15. The Balaban J connectivity index is 1.87. The first-order chi connectivity index (χ1) is 9.37. The lowest BCUT2D eigenvalue weighted by Gasteiger charge is -2.23. The van der Waals surface area contributed by atoms with Gasteiger partial charge in [0.1, 0.15) is 5.82 Å². The van der Waals surface area contributed by atoms with E-state index in [1.165, 1.54) is 17.0 Å². The van der Waals surface area contributed by atoms with E-state index in [4.69, 9.17) is 0 Å². The second kappa shape index (κ2) is 5.78. The van der Waals surface area contributed by atoms with Crippen LogP contribution in [0.2, 0.25) is 0 Å². The molecule has 1 N–H and O–H groups in total. The fourth-order valence-electron chi connectivity index (χ4n) is 2.15. The highest BCUT2D eigenvalue weighted by Gasteiger charge is 2.32. The molecule has 1 aromatic rings. The minimum atomic E-state index is -3.01. The molecule has 1 fully saturated rings. The summed E-state index contributed by atoms with van der Waals surface area (Å²) < 4.78 is 35.5. The topological polar surface area (TPSA) is 66.5 Å². The largest absolute Gasteiger partial charge is 0.334 e. The van der Waals surface area contributed by atoms with Crippen molar-refractivity contribution in [1.29, 1.82) is 0 Å². The lowest BCUT2D eigenvalue weighted by Crippen LogP contribution is -2.43. The standard InChI is InChI=1S/C13H17FN2O3S/c1-16(12-6-7-20(18,19)9-12)13(17)15-8-10-2-4-11(14)5-3-10/h2-5,12H,6-9H2,1H3,(H,15,17). The average Bonchev–Trinajstić information content (AvgIpc) is 2.77. The van der Waals surface area contributed by atoms with Crippen LogP contribution in [0.25, 0.3) is 0 Å². The van der Waals surface area contributed by atoms with Gasteiger partial charge in [0.25, 0.3) is 0 Å². The van der Waals surface area contributed by atoms with Crippen molar-refractivity contribution in [1.82, 2.24) is 10.2 Å². The third kappa shape index (κ3) is 3.69. The maximum absolute atomic E-state index is 12.7. The van der Waals surface area contributed by atoms with E-state index in [1.807, 2.05) is 0 Å². The summed E-state index contributed by atoms with van der Waals surface area (Å²) in [5.41, 5.74) is 0.784. The first kappa shape index (κ1) is 14.8. The fourth-order valence-corrected chi connectivity index (χ4v) is 3.93. The van der Waals surface area contributed by atoms with Crippen molar-refractivity contribution in [2.45, 2.75) is 19.0 Å². The number of nitrogens with one attached hydrogen (secondary N) is 1. The number of hydrogen-bond acceptors (Lipinski definition) is 3. The number of amides is 2. The van der Waals surface area contributed by atoms with Crippen LogP contribution in [0, 0.1) is 5.82 Å². The second-order valence-electron chi connectivity index (χ2n) is 4.95. The Morgan fingerprint density at radius 2 is 2.05 bits per heavy atom. The normalized spacial score (nSPS) is 20.6. The van der Waals surface area contributed by atoms with Gasteiger partial charge in [-0.1, -0.05) is 12.1 Å². The van der Waals surface area contributed by atoms with Crippen LogP contribution in [0.15, 0.2) is 24.3 Å². The highest BCUT2D eigenvalue weighted by atomic mass is 32.2. The molecular weight excluding hydrogens is 283 g/mol. The van der Waals surface area contributed by atoms with Crippen molar-refractivity contribution in [2.75, 3.05) is 18.6 Å². The Labute approximate surface area is 117 Å². The van der Waals surface area contributed by atoms with Crippen molar-refractivity contribution in [3.05, 3.63) is 35.6 Å². The maximum atomic E-state index is 12.7. The van der Waals surface area contributed by atoms with Crippen LogP contribution in [0.4, 0.5) is 9.18 Å². The van der Waals surface area contributed by atoms with Crippen LogP contribution in [-0.2, 0) is 16.4 Å². The van der Waals surface area contributed by atoms with Crippen LogP contribution >= 0.6 is 0 Å². The van der Waals surface area contributed by atoms with E-state index < -0.39 is 9.84 Å². The van der Waals surface area contributed by atoms with E-state index in [2.05, 4.69) is 5.32 Å². The molecular formula is C13H17FN2O3S. The van der Waals surface area contributed by atoms with E-state index >= 15 is 0 Å². The van der Waals surface area contributed by atoms with Crippen molar-refractivity contribution in [3.8, 4) is 0 Å². The van der Waals surface area contributed by atoms with E-state index in [1.54, 1.807) is 19.2 Å². The lowest BCUT2D eigenvalue weighted by atomic mass is 10.2. The number of carbonyl (C=O) groups excluding carboxylic acids is 1. The van der Waals surface area contributed by atoms with Gasteiger partial charge in [0, 0.05) is 19.6 Å². The van der Waals surface area contributed by atoms with Crippen LogP contribution in [0.5, 0.6) is 0 Å². The van der Waals surface area contributed by atoms with Gasteiger partial charge >= 0.3 is 6.03 Å². The fraction of sp³-hybridized carbons (Fsp3) is 0.462. The van der Waals surface area contributed by atoms with E-state index in [-0.39, 0.29) is 35.9 Å². The molecule has 2 rings (SSSR count). The molecule has 0 spiro atoms. The Kier molecular flexibility index (Phi) is 4.27. The molecule has 1 aromatic carbocycles. The summed E-state index contributed by atoms with van der Waals surface area (Å²) in [6, 6.07) is 5.25. The SMILES string of the molecule is CN(C(=O)NCc1ccc(F)cc1)C1CCS(=O)(=O)C1. The Morgan fingerprint density at radius 1 is 1.40 bits per heavy atom. The Bertz CT molecular complexity index is 586. The molecule has 5 nitrogen and oxygen atoms in total. The van der Waals surface area contributed by atoms with Gasteiger partial charge in [-0.2, -0.15) is 0 Å². The highest BCUT2D eigenvalue weighted by molar-refractivity contribution is 7.91. The molecule has 0 aliphatic carbocycles. The molecule has 0 aromatic heterocycles. The molecule has 0 radical (unpaired) electrons. The maximum Gasteiger partial charge on any atom is 0.317 e. The molecule has 1 aliphatic heterocycles. The molecule has 1 heterocycles. The van der Waals surface area contributed by atoms with Gasteiger partial charge in [-0.05, 0) is 24.1 Å². The summed E-state index contributed by atoms with van der Waals surface area (Å²) in [5.74, 6) is -0.172. The number of urea groups is 1. The number of hydrogen-bond donors (Lipinski definition) is 1. The van der Waals surface area contributed by atoms with Crippen LogP contribution in [0.3, 0.4) is 0 Å². The third-order valence-electron chi connectivity index (χ3n) is 3.43. The first-order valence-electron chi connectivity index (χ1n) is 6.33. The molecule has 110 valence electrons. The zero-order chi connectivity index (χ0) is 14.8. The molecule has 2 amide bonds. The number of carbonyl (C=O) groups is 1. The van der Waals surface area contributed by atoms with Gasteiger partial charge in [-0.3, -0.25) is 0 Å². The summed E-state index contributed by atoms with van der Waals surface area (Å²) in [4.78, 5) is 13.4. The monoisotopic (exact) mass is 300 g/mol. The van der Waals surface area contributed by atoms with Crippen molar-refractivity contribution < 1.29 is 17.6 Å². The lowest BCUT2D eigenvalue weighted by molar-refractivity contribution is 0.194. The minimum Gasteiger partial charge on any atom is -0.334 e. The molecule has 20 heavy (non-hydrogen) atoms. The van der Waals surface area contributed by atoms with Gasteiger partial charge in [0.15, 0.2) is 9.84 Å². The zero-order valence-corrected chi connectivity index (χ0v) is 12.0. The molecule has 1 unspecified atom stereocenters. The van der Waals surface area contributed by atoms with Gasteiger partial charge in [0.2, 0.25) is 0 Å². The Hall–Kier alpha value is -1.63. The predicted octanol–water partition coefficient (Wildman–Crippen LogP) is 1.15. The van der Waals surface area contributed by atoms with Crippen molar-refractivity contribution >= 4 is 15.9 Å². The molecule has 7 heteroatoms. The second-order valence-corrected chi connectivity index (χ2v) is 7.18. The van der Waals surface area contributed by atoms with E-state index in [0.29, 0.717) is 6.42 Å². The van der Waals surface area contributed by atoms with Crippen LogP contribution < -0.4 is 5.32 Å². The third-order valence-corrected chi connectivity index (χ3v) is 5.18. The van der Waals surface area contributed by atoms with Crippen LogP contribution in [-0.4, -0.2) is 43.9 Å².